The summed E-state index contributed by atoms with van der Waals surface area (Å²) in [6, 6.07) is 11.4. The minimum Gasteiger partial charge on any atom is -0.396 e. The molecule has 0 bridgehead atoms. The number of hydrogen-bond donors (Lipinski definition) is 3. The van der Waals surface area contributed by atoms with Gasteiger partial charge in [0.2, 0.25) is 0 Å². The van der Waals surface area contributed by atoms with Crippen LogP contribution in [0.2, 0.25) is 0 Å². The second kappa shape index (κ2) is 6.06. The molecule has 5 N–H and O–H groups in total. The summed E-state index contributed by atoms with van der Waals surface area (Å²) < 4.78 is 0. The molecule has 0 saturated heterocycles. The average molecular weight is 270 g/mol. The number of benzene rings is 1. The number of nitrogens with one attached hydrogen (secondary N) is 1. The molecule has 5 nitrogen and oxygen atoms in total. The van der Waals surface area contributed by atoms with Crippen molar-refractivity contribution in [3.05, 3.63) is 53.2 Å². The normalized spacial score (nSPS) is 10.2. The highest BCUT2D eigenvalue weighted by Crippen LogP contribution is 2.17. The number of anilines is 2. The maximum Gasteiger partial charge on any atom is 0.267 e. The fourth-order valence-electron chi connectivity index (χ4n) is 1.83. The lowest BCUT2D eigenvalue weighted by atomic mass is 10.1. The summed E-state index contributed by atoms with van der Waals surface area (Å²) in [7, 11) is 0. The molecule has 20 heavy (non-hydrogen) atoms. The maximum atomic E-state index is 11.1. The van der Waals surface area contributed by atoms with Gasteiger partial charge in [-0.05, 0) is 29.7 Å². The van der Waals surface area contributed by atoms with E-state index >= 15 is 0 Å². The van der Waals surface area contributed by atoms with Crippen molar-refractivity contribution in [1.29, 1.82) is 0 Å². The SMILES string of the molecule is CCc1ccc(CNc2nc(C(N)=O)ccc2N)cc1. The topological polar surface area (TPSA) is 94.0 Å². The number of aromatic nitrogens is 1. The van der Waals surface area contributed by atoms with Crippen LogP contribution in [0.4, 0.5) is 11.5 Å². The van der Waals surface area contributed by atoms with Crippen LogP contribution in [0.3, 0.4) is 0 Å². The standard InChI is InChI=1S/C15H18N4O/c1-2-10-3-5-11(6-4-10)9-18-15-12(16)7-8-13(19-15)14(17)20/h3-8H,2,9,16H2,1H3,(H2,17,20)(H,18,19). The van der Waals surface area contributed by atoms with E-state index in [0.717, 1.165) is 12.0 Å². The molecule has 0 radical (unpaired) electrons. The quantitative estimate of drug-likeness (QED) is 0.773. The third-order valence-corrected chi connectivity index (χ3v) is 3.07. The molecular formula is C15H18N4O. The van der Waals surface area contributed by atoms with Crippen molar-refractivity contribution in [3.63, 3.8) is 0 Å². The van der Waals surface area contributed by atoms with Gasteiger partial charge in [0, 0.05) is 6.54 Å². The van der Waals surface area contributed by atoms with Crippen molar-refractivity contribution >= 4 is 17.4 Å². The summed E-state index contributed by atoms with van der Waals surface area (Å²) >= 11 is 0. The highest BCUT2D eigenvalue weighted by molar-refractivity contribution is 5.91. The van der Waals surface area contributed by atoms with Gasteiger partial charge in [0.1, 0.15) is 11.5 Å². The Hall–Kier alpha value is -2.56. The van der Waals surface area contributed by atoms with Gasteiger partial charge >= 0.3 is 0 Å². The predicted molar refractivity (Wildman–Crippen MR) is 80.3 cm³/mol. The highest BCUT2D eigenvalue weighted by Gasteiger charge is 2.06. The van der Waals surface area contributed by atoms with E-state index in [-0.39, 0.29) is 5.69 Å². The number of pyridine rings is 1. The van der Waals surface area contributed by atoms with Gasteiger partial charge in [-0.1, -0.05) is 31.2 Å². The van der Waals surface area contributed by atoms with E-state index in [2.05, 4.69) is 41.5 Å². The molecule has 1 heterocycles. The lowest BCUT2D eigenvalue weighted by molar-refractivity contribution is 0.0996. The van der Waals surface area contributed by atoms with Crippen LogP contribution in [0.25, 0.3) is 0 Å². The van der Waals surface area contributed by atoms with Crippen LogP contribution in [0, 0.1) is 0 Å². The number of nitrogens with zero attached hydrogens (tertiary/aromatic N) is 1. The van der Waals surface area contributed by atoms with Crippen molar-refractivity contribution in [3.8, 4) is 0 Å². The van der Waals surface area contributed by atoms with Gasteiger partial charge in [0.25, 0.3) is 5.91 Å². The summed E-state index contributed by atoms with van der Waals surface area (Å²) in [5, 5.41) is 3.12. The molecule has 0 spiro atoms. The van der Waals surface area contributed by atoms with E-state index in [4.69, 9.17) is 11.5 Å². The summed E-state index contributed by atoms with van der Waals surface area (Å²) in [6.07, 6.45) is 1.02. The van der Waals surface area contributed by atoms with Crippen LogP contribution >= 0.6 is 0 Å². The summed E-state index contributed by atoms with van der Waals surface area (Å²) in [5.74, 6) is -0.0961. The number of rotatable bonds is 5. The van der Waals surface area contributed by atoms with E-state index < -0.39 is 5.91 Å². The largest absolute Gasteiger partial charge is 0.396 e. The number of aryl methyl sites for hydroxylation is 1. The average Bonchev–Trinajstić information content (AvgIpc) is 2.46. The monoisotopic (exact) mass is 270 g/mol. The number of carbonyl (C=O) groups excluding carboxylic acids is 1. The summed E-state index contributed by atoms with van der Waals surface area (Å²) in [6.45, 7) is 2.70. The molecule has 0 atom stereocenters. The molecular weight excluding hydrogens is 252 g/mol. The van der Waals surface area contributed by atoms with Gasteiger partial charge in [0.15, 0.2) is 0 Å². The number of nitrogens with two attached hydrogens (primary N) is 2. The maximum absolute atomic E-state index is 11.1. The molecule has 5 heteroatoms. The first-order valence-electron chi connectivity index (χ1n) is 6.48. The summed E-state index contributed by atoms with van der Waals surface area (Å²) in [5.41, 5.74) is 14.1. The van der Waals surface area contributed by atoms with E-state index in [9.17, 15) is 4.79 Å². The van der Waals surface area contributed by atoms with Crippen LogP contribution in [0.1, 0.15) is 28.5 Å². The zero-order valence-electron chi connectivity index (χ0n) is 11.4. The van der Waals surface area contributed by atoms with E-state index in [1.807, 2.05) is 0 Å². The molecule has 2 aromatic rings. The molecule has 0 aliphatic carbocycles. The zero-order valence-corrected chi connectivity index (χ0v) is 11.4. The second-order valence-electron chi connectivity index (χ2n) is 4.52. The highest BCUT2D eigenvalue weighted by atomic mass is 16.1. The molecule has 1 aromatic carbocycles. The van der Waals surface area contributed by atoms with Gasteiger partial charge in [0.05, 0.1) is 5.69 Å². The Morgan fingerprint density at radius 3 is 2.40 bits per heavy atom. The van der Waals surface area contributed by atoms with E-state index in [1.54, 1.807) is 6.07 Å². The minimum absolute atomic E-state index is 0.197. The van der Waals surface area contributed by atoms with Gasteiger partial charge in [-0.3, -0.25) is 4.79 Å². The molecule has 0 saturated carbocycles. The number of primary amides is 1. The van der Waals surface area contributed by atoms with Crippen LogP contribution in [0.15, 0.2) is 36.4 Å². The smallest absolute Gasteiger partial charge is 0.267 e. The van der Waals surface area contributed by atoms with E-state index in [1.165, 1.54) is 11.6 Å². The fraction of sp³-hybridized carbons (Fsp3) is 0.200. The second-order valence-corrected chi connectivity index (χ2v) is 4.52. The van der Waals surface area contributed by atoms with Crippen molar-refractivity contribution in [2.45, 2.75) is 19.9 Å². The van der Waals surface area contributed by atoms with Crippen LogP contribution < -0.4 is 16.8 Å². The summed E-state index contributed by atoms with van der Waals surface area (Å²) in [4.78, 5) is 15.2. The lowest BCUT2D eigenvalue weighted by Crippen LogP contribution is -2.15. The molecule has 1 aromatic heterocycles. The number of nitrogen functional groups attached to an aromatic ring is 1. The van der Waals surface area contributed by atoms with Gasteiger partial charge in [-0.2, -0.15) is 0 Å². The van der Waals surface area contributed by atoms with Crippen molar-refractivity contribution < 1.29 is 4.79 Å². The fourth-order valence-corrected chi connectivity index (χ4v) is 1.83. The third-order valence-electron chi connectivity index (χ3n) is 3.07. The van der Waals surface area contributed by atoms with Crippen LogP contribution in [0.5, 0.6) is 0 Å². The predicted octanol–water partition coefficient (Wildman–Crippen LogP) is 1.94. The van der Waals surface area contributed by atoms with Crippen LogP contribution in [-0.4, -0.2) is 10.9 Å². The van der Waals surface area contributed by atoms with Gasteiger partial charge in [-0.25, -0.2) is 4.98 Å². The Morgan fingerprint density at radius 1 is 1.15 bits per heavy atom. The molecule has 0 fully saturated rings. The number of hydrogen-bond acceptors (Lipinski definition) is 4. The molecule has 2 rings (SSSR count). The van der Waals surface area contributed by atoms with Crippen LogP contribution in [-0.2, 0) is 13.0 Å². The molecule has 0 aliphatic rings. The Bertz CT molecular complexity index is 608. The van der Waals surface area contributed by atoms with Gasteiger partial charge in [-0.15, -0.1) is 0 Å². The number of carbonyl (C=O) groups is 1. The Labute approximate surface area is 118 Å². The van der Waals surface area contributed by atoms with Crippen molar-refractivity contribution in [1.82, 2.24) is 4.98 Å². The first-order chi connectivity index (χ1) is 9.60. The molecule has 1 amide bonds. The third kappa shape index (κ3) is 3.26. The Kier molecular flexibility index (Phi) is 4.20. The van der Waals surface area contributed by atoms with E-state index in [0.29, 0.717) is 18.1 Å². The molecule has 0 unspecified atom stereocenters. The lowest BCUT2D eigenvalue weighted by Gasteiger charge is -2.09. The first-order valence-corrected chi connectivity index (χ1v) is 6.48. The minimum atomic E-state index is -0.569. The molecule has 104 valence electrons. The Balaban J connectivity index is 2.09. The molecule has 0 aliphatic heterocycles. The zero-order chi connectivity index (χ0) is 14.5. The number of amides is 1. The first kappa shape index (κ1) is 13.9. The Morgan fingerprint density at radius 2 is 1.80 bits per heavy atom. The van der Waals surface area contributed by atoms with Crippen molar-refractivity contribution in [2.24, 2.45) is 5.73 Å². The van der Waals surface area contributed by atoms with Gasteiger partial charge < -0.3 is 16.8 Å². The van der Waals surface area contributed by atoms with Crippen molar-refractivity contribution in [2.75, 3.05) is 11.1 Å².